The summed E-state index contributed by atoms with van der Waals surface area (Å²) in [6, 6.07) is 19.1. The Labute approximate surface area is 186 Å². The van der Waals surface area contributed by atoms with Gasteiger partial charge in [-0.2, -0.15) is 5.10 Å². The number of aliphatic hydroxyl groups excluding tert-OH is 1. The number of fused-ring (bicyclic) bond motifs is 1. The van der Waals surface area contributed by atoms with E-state index in [4.69, 9.17) is 11.6 Å². The molecule has 1 unspecified atom stereocenters. The maximum atomic E-state index is 13.8. The van der Waals surface area contributed by atoms with Crippen LogP contribution in [0, 0.1) is 12.7 Å². The van der Waals surface area contributed by atoms with E-state index in [1.165, 1.54) is 11.6 Å². The van der Waals surface area contributed by atoms with Gasteiger partial charge in [-0.25, -0.2) is 9.07 Å². The van der Waals surface area contributed by atoms with Crippen LogP contribution in [0.1, 0.15) is 48.5 Å². The highest BCUT2D eigenvalue weighted by Crippen LogP contribution is 2.50. The number of aliphatic hydroxyl groups is 1. The fraction of sp³-hybridized carbons (Fsp3) is 0.269. The van der Waals surface area contributed by atoms with E-state index >= 15 is 0 Å². The van der Waals surface area contributed by atoms with Crippen molar-refractivity contribution in [3.63, 3.8) is 0 Å². The van der Waals surface area contributed by atoms with Crippen molar-refractivity contribution in [3.05, 3.63) is 94.4 Å². The lowest BCUT2D eigenvalue weighted by Gasteiger charge is -2.35. The van der Waals surface area contributed by atoms with Crippen molar-refractivity contribution in [2.75, 3.05) is 0 Å². The topological polar surface area (TPSA) is 38.0 Å². The maximum absolute atomic E-state index is 13.8. The van der Waals surface area contributed by atoms with Gasteiger partial charge in [0, 0.05) is 10.8 Å². The zero-order valence-electron chi connectivity index (χ0n) is 17.4. The van der Waals surface area contributed by atoms with Crippen molar-refractivity contribution >= 4 is 22.5 Å². The number of hydrogen-bond acceptors (Lipinski definition) is 2. The smallest absolute Gasteiger partial charge is 0.141 e. The van der Waals surface area contributed by atoms with Gasteiger partial charge in [-0.15, -0.1) is 0 Å². The van der Waals surface area contributed by atoms with Gasteiger partial charge in [0.05, 0.1) is 28.5 Å². The molecule has 5 heteroatoms. The lowest BCUT2D eigenvalue weighted by atomic mass is 9.72. The molecule has 1 heterocycles. The fourth-order valence-corrected chi connectivity index (χ4v) is 5.14. The second-order valence-electron chi connectivity index (χ2n) is 8.60. The van der Waals surface area contributed by atoms with Crippen LogP contribution >= 0.6 is 11.6 Å². The average Bonchev–Trinajstić information content (AvgIpc) is 3.43. The Morgan fingerprint density at radius 1 is 1.03 bits per heavy atom. The summed E-state index contributed by atoms with van der Waals surface area (Å²) in [6.07, 6.45) is 4.87. The molecule has 1 aliphatic carbocycles. The number of rotatable bonds is 4. The van der Waals surface area contributed by atoms with Gasteiger partial charge in [0.15, 0.2) is 0 Å². The Kier molecular flexibility index (Phi) is 5.07. The second-order valence-corrected chi connectivity index (χ2v) is 9.01. The minimum atomic E-state index is -0.705. The van der Waals surface area contributed by atoms with E-state index in [0.717, 1.165) is 53.4 Å². The van der Waals surface area contributed by atoms with Crippen LogP contribution < -0.4 is 0 Å². The molecule has 3 aromatic carbocycles. The monoisotopic (exact) mass is 434 g/mol. The number of aryl methyl sites for hydroxylation is 1. The molecule has 1 aromatic heterocycles. The van der Waals surface area contributed by atoms with E-state index < -0.39 is 17.3 Å². The van der Waals surface area contributed by atoms with Crippen LogP contribution in [-0.4, -0.2) is 14.9 Å². The van der Waals surface area contributed by atoms with Gasteiger partial charge < -0.3 is 5.11 Å². The number of benzene rings is 3. The Balaban J connectivity index is 1.54. The summed E-state index contributed by atoms with van der Waals surface area (Å²) in [5.74, 6) is -0.432. The van der Waals surface area contributed by atoms with Crippen LogP contribution in [-0.2, 0) is 5.41 Å². The van der Waals surface area contributed by atoms with E-state index in [1.807, 2.05) is 29.1 Å². The van der Waals surface area contributed by atoms with Crippen molar-refractivity contribution in [1.29, 1.82) is 0 Å². The minimum Gasteiger partial charge on any atom is -0.387 e. The van der Waals surface area contributed by atoms with Crippen LogP contribution in [0.25, 0.3) is 16.6 Å². The van der Waals surface area contributed by atoms with Crippen LogP contribution in [0.4, 0.5) is 4.39 Å². The number of aromatic nitrogens is 2. The highest BCUT2D eigenvalue weighted by Gasteiger charge is 2.43. The summed E-state index contributed by atoms with van der Waals surface area (Å²) in [6.45, 7) is 2.06. The first-order chi connectivity index (χ1) is 15.0. The molecule has 4 aromatic rings. The standard InChI is InChI=1S/C26H24ClFN2O/c1-17-4-8-21(9-5-17)30-24-11-6-18(14-19(24)16-29-30)25(31)26(12-2-3-13-26)20-7-10-23(28)22(27)15-20/h4-11,14-16,25,31H,2-3,12-13H2,1H3. The zero-order valence-corrected chi connectivity index (χ0v) is 18.1. The minimum absolute atomic E-state index is 0.103. The van der Waals surface area contributed by atoms with Crippen LogP contribution in [0.5, 0.6) is 0 Å². The molecule has 1 N–H and O–H groups in total. The van der Waals surface area contributed by atoms with Crippen molar-refractivity contribution < 1.29 is 9.50 Å². The third-order valence-corrected chi connectivity index (χ3v) is 6.99. The third kappa shape index (κ3) is 3.44. The highest BCUT2D eigenvalue weighted by atomic mass is 35.5. The number of hydrogen-bond donors (Lipinski definition) is 1. The summed E-state index contributed by atoms with van der Waals surface area (Å²) >= 11 is 6.09. The van der Waals surface area contributed by atoms with Gasteiger partial charge in [-0.05, 0) is 67.3 Å². The highest BCUT2D eigenvalue weighted by molar-refractivity contribution is 6.30. The molecule has 158 valence electrons. The van der Waals surface area contributed by atoms with E-state index in [1.54, 1.807) is 12.1 Å². The van der Waals surface area contributed by atoms with Crippen molar-refractivity contribution in [1.82, 2.24) is 9.78 Å². The fourth-order valence-electron chi connectivity index (χ4n) is 4.96. The van der Waals surface area contributed by atoms with Gasteiger partial charge in [0.2, 0.25) is 0 Å². The molecule has 0 radical (unpaired) electrons. The summed E-state index contributed by atoms with van der Waals surface area (Å²) in [4.78, 5) is 0. The van der Waals surface area contributed by atoms with E-state index in [2.05, 4.69) is 36.3 Å². The number of nitrogens with zero attached hydrogens (tertiary/aromatic N) is 2. The van der Waals surface area contributed by atoms with Crippen LogP contribution in [0.3, 0.4) is 0 Å². The molecule has 1 atom stereocenters. The number of halogens is 2. The van der Waals surface area contributed by atoms with Crippen LogP contribution in [0.2, 0.25) is 5.02 Å². The SMILES string of the molecule is Cc1ccc(-n2ncc3cc(C(O)C4(c5ccc(F)c(Cl)c5)CCCC4)ccc32)cc1. The predicted molar refractivity (Wildman–Crippen MR) is 122 cm³/mol. The molecule has 0 saturated heterocycles. The van der Waals surface area contributed by atoms with E-state index in [-0.39, 0.29) is 5.02 Å². The molecule has 1 aliphatic rings. The molecule has 1 fully saturated rings. The normalized spacial score (nSPS) is 16.6. The summed E-state index contributed by atoms with van der Waals surface area (Å²) in [5, 5.41) is 17.2. The molecular weight excluding hydrogens is 411 g/mol. The predicted octanol–water partition coefficient (Wildman–Crippen LogP) is 6.67. The van der Waals surface area contributed by atoms with Crippen LogP contribution in [0.15, 0.2) is 66.9 Å². The molecule has 0 aliphatic heterocycles. The Hall–Kier alpha value is -2.69. The van der Waals surface area contributed by atoms with Gasteiger partial charge in [0.25, 0.3) is 0 Å². The van der Waals surface area contributed by atoms with Crippen molar-refractivity contribution in [3.8, 4) is 5.69 Å². The van der Waals surface area contributed by atoms with E-state index in [9.17, 15) is 9.50 Å². The van der Waals surface area contributed by atoms with Gasteiger partial charge in [-0.3, -0.25) is 0 Å². The quantitative estimate of drug-likeness (QED) is 0.389. The first-order valence-electron chi connectivity index (χ1n) is 10.7. The molecular formula is C26H24ClFN2O. The van der Waals surface area contributed by atoms with Gasteiger partial charge >= 0.3 is 0 Å². The van der Waals surface area contributed by atoms with E-state index in [0.29, 0.717) is 0 Å². The maximum Gasteiger partial charge on any atom is 0.141 e. The molecule has 5 rings (SSSR count). The first kappa shape index (κ1) is 20.2. The van der Waals surface area contributed by atoms with Crippen molar-refractivity contribution in [2.45, 2.75) is 44.1 Å². The molecule has 0 amide bonds. The molecule has 31 heavy (non-hydrogen) atoms. The lowest BCUT2D eigenvalue weighted by Crippen LogP contribution is -2.30. The molecule has 3 nitrogen and oxygen atoms in total. The Morgan fingerprint density at radius 3 is 2.48 bits per heavy atom. The summed E-state index contributed by atoms with van der Waals surface area (Å²) in [7, 11) is 0. The Morgan fingerprint density at radius 2 is 1.77 bits per heavy atom. The summed E-state index contributed by atoms with van der Waals surface area (Å²) < 4.78 is 15.7. The molecule has 0 bridgehead atoms. The largest absolute Gasteiger partial charge is 0.387 e. The third-order valence-electron chi connectivity index (χ3n) is 6.70. The first-order valence-corrected chi connectivity index (χ1v) is 11.0. The van der Waals surface area contributed by atoms with Gasteiger partial charge in [-0.1, -0.05) is 54.3 Å². The zero-order chi connectivity index (χ0) is 21.6. The van der Waals surface area contributed by atoms with Gasteiger partial charge in [0.1, 0.15) is 5.82 Å². The summed E-state index contributed by atoms with van der Waals surface area (Å²) in [5.41, 5.74) is 4.48. The Bertz CT molecular complexity index is 1240. The average molecular weight is 435 g/mol. The molecule has 0 spiro atoms. The molecule has 1 saturated carbocycles. The van der Waals surface area contributed by atoms with Crippen molar-refractivity contribution in [2.24, 2.45) is 0 Å². The lowest BCUT2D eigenvalue weighted by molar-refractivity contribution is 0.0823. The second kappa shape index (κ2) is 7.77.